The van der Waals surface area contributed by atoms with Crippen molar-refractivity contribution in [3.05, 3.63) is 29.4 Å². The van der Waals surface area contributed by atoms with Crippen molar-refractivity contribution in [2.45, 2.75) is 26.3 Å². The van der Waals surface area contributed by atoms with Crippen LogP contribution in [0.25, 0.3) is 10.9 Å². The molecule has 1 unspecified atom stereocenters. The van der Waals surface area contributed by atoms with Crippen LogP contribution in [0, 0.1) is 0 Å². The quantitative estimate of drug-likeness (QED) is 0.737. The molecule has 0 saturated heterocycles. The molecule has 0 aliphatic rings. The zero-order chi connectivity index (χ0) is 10.1. The Morgan fingerprint density at radius 2 is 2.29 bits per heavy atom. The number of nitrogens with zero attached hydrogens (tertiary/aromatic N) is 2. The fourth-order valence-electron chi connectivity index (χ4n) is 1.55. The molecule has 1 aromatic carbocycles. The minimum absolute atomic E-state index is 0.439. The lowest BCUT2D eigenvalue weighted by Crippen LogP contribution is -2.04. The Kier molecular flexibility index (Phi) is 2.46. The van der Waals surface area contributed by atoms with Gasteiger partial charge in [-0.1, -0.05) is 18.5 Å². The molecule has 3 heteroatoms. The lowest BCUT2D eigenvalue weighted by atomic mass is 10.2. The van der Waals surface area contributed by atoms with E-state index in [4.69, 9.17) is 11.6 Å². The van der Waals surface area contributed by atoms with Crippen LogP contribution in [0.4, 0.5) is 0 Å². The number of fused-ring (bicyclic) bond motifs is 1. The molecule has 2 nitrogen and oxygen atoms in total. The summed E-state index contributed by atoms with van der Waals surface area (Å²) in [5.74, 6) is 0. The Bertz CT molecular complexity index is 447. The second-order valence-electron chi connectivity index (χ2n) is 3.55. The molecule has 0 saturated carbocycles. The number of hydrogen-bond donors (Lipinski definition) is 0. The number of benzene rings is 1. The molecule has 2 aromatic rings. The molecule has 0 spiro atoms. The highest BCUT2D eigenvalue weighted by Crippen LogP contribution is 2.22. The highest BCUT2D eigenvalue weighted by molar-refractivity contribution is 6.31. The van der Waals surface area contributed by atoms with Crippen LogP contribution in [0.1, 0.15) is 26.3 Å². The summed E-state index contributed by atoms with van der Waals surface area (Å²) in [5, 5.41) is 6.24. The van der Waals surface area contributed by atoms with E-state index < -0.39 is 0 Å². The van der Waals surface area contributed by atoms with E-state index in [1.165, 1.54) is 0 Å². The normalized spacial score (nSPS) is 13.4. The molecule has 14 heavy (non-hydrogen) atoms. The maximum Gasteiger partial charge on any atom is 0.0686 e. The van der Waals surface area contributed by atoms with Crippen LogP contribution in [0.3, 0.4) is 0 Å². The van der Waals surface area contributed by atoms with Crippen molar-refractivity contribution in [2.24, 2.45) is 0 Å². The zero-order valence-corrected chi connectivity index (χ0v) is 9.12. The Hall–Kier alpha value is -1.02. The second-order valence-corrected chi connectivity index (χ2v) is 3.99. The van der Waals surface area contributed by atoms with Gasteiger partial charge in [-0.3, -0.25) is 4.68 Å². The summed E-state index contributed by atoms with van der Waals surface area (Å²) < 4.78 is 2.05. The Labute approximate surface area is 88.5 Å². The summed E-state index contributed by atoms with van der Waals surface area (Å²) in [7, 11) is 0. The lowest BCUT2D eigenvalue weighted by molar-refractivity contribution is 0.493. The van der Waals surface area contributed by atoms with Gasteiger partial charge >= 0.3 is 0 Å². The minimum Gasteiger partial charge on any atom is -0.262 e. The van der Waals surface area contributed by atoms with Crippen LogP contribution in [0.5, 0.6) is 0 Å². The first-order valence-corrected chi connectivity index (χ1v) is 5.23. The van der Waals surface area contributed by atoms with Crippen LogP contribution in [0.2, 0.25) is 5.02 Å². The van der Waals surface area contributed by atoms with Crippen molar-refractivity contribution in [1.82, 2.24) is 9.78 Å². The van der Waals surface area contributed by atoms with Crippen molar-refractivity contribution in [1.29, 1.82) is 0 Å². The number of hydrogen-bond acceptors (Lipinski definition) is 1. The summed E-state index contributed by atoms with van der Waals surface area (Å²) >= 11 is 5.90. The summed E-state index contributed by atoms with van der Waals surface area (Å²) in [6, 6.07) is 6.32. The Morgan fingerprint density at radius 3 is 3.00 bits per heavy atom. The fourth-order valence-corrected chi connectivity index (χ4v) is 1.73. The van der Waals surface area contributed by atoms with Crippen LogP contribution < -0.4 is 0 Å². The maximum atomic E-state index is 5.90. The number of halogens is 1. The van der Waals surface area contributed by atoms with E-state index in [-0.39, 0.29) is 0 Å². The smallest absolute Gasteiger partial charge is 0.0686 e. The first-order chi connectivity index (χ1) is 6.72. The van der Waals surface area contributed by atoms with Gasteiger partial charge in [0.05, 0.1) is 11.7 Å². The average molecular weight is 209 g/mol. The molecule has 74 valence electrons. The predicted molar refractivity (Wildman–Crippen MR) is 59.7 cm³/mol. The molecule has 1 aromatic heterocycles. The molecule has 0 amide bonds. The standard InChI is InChI=1S/C11H13ClN2/c1-3-8(2)14-11-5-4-10(12)6-9(11)7-13-14/h4-8H,3H2,1-2H3. The first-order valence-electron chi connectivity index (χ1n) is 4.85. The predicted octanol–water partition coefficient (Wildman–Crippen LogP) is 3.66. The van der Waals surface area contributed by atoms with Crippen molar-refractivity contribution < 1.29 is 0 Å². The summed E-state index contributed by atoms with van der Waals surface area (Å²) in [5.41, 5.74) is 1.16. The second kappa shape index (κ2) is 3.62. The van der Waals surface area contributed by atoms with Gasteiger partial charge < -0.3 is 0 Å². The molecular weight excluding hydrogens is 196 g/mol. The van der Waals surface area contributed by atoms with Crippen molar-refractivity contribution in [3.8, 4) is 0 Å². The van der Waals surface area contributed by atoms with Gasteiger partial charge in [0.2, 0.25) is 0 Å². The van der Waals surface area contributed by atoms with Crippen LogP contribution >= 0.6 is 11.6 Å². The van der Waals surface area contributed by atoms with E-state index in [0.29, 0.717) is 6.04 Å². The van der Waals surface area contributed by atoms with E-state index in [1.54, 1.807) is 0 Å². The molecular formula is C11H13ClN2. The molecule has 0 N–H and O–H groups in total. The topological polar surface area (TPSA) is 17.8 Å². The lowest BCUT2D eigenvalue weighted by Gasteiger charge is -2.10. The average Bonchev–Trinajstić information content (AvgIpc) is 2.59. The highest BCUT2D eigenvalue weighted by atomic mass is 35.5. The third-order valence-electron chi connectivity index (χ3n) is 2.57. The molecule has 1 heterocycles. The molecule has 0 aliphatic heterocycles. The van der Waals surface area contributed by atoms with Gasteiger partial charge in [0.1, 0.15) is 0 Å². The third-order valence-corrected chi connectivity index (χ3v) is 2.80. The van der Waals surface area contributed by atoms with Crippen molar-refractivity contribution in [3.63, 3.8) is 0 Å². The van der Waals surface area contributed by atoms with Gasteiger partial charge in [-0.15, -0.1) is 0 Å². The molecule has 2 rings (SSSR count). The SMILES string of the molecule is CCC(C)n1ncc2cc(Cl)ccc21. The van der Waals surface area contributed by atoms with Gasteiger partial charge in [0, 0.05) is 16.5 Å². The van der Waals surface area contributed by atoms with E-state index >= 15 is 0 Å². The Morgan fingerprint density at radius 1 is 1.50 bits per heavy atom. The summed E-state index contributed by atoms with van der Waals surface area (Å²) in [6.45, 7) is 4.33. The zero-order valence-electron chi connectivity index (χ0n) is 8.37. The molecule has 0 aliphatic carbocycles. The van der Waals surface area contributed by atoms with Gasteiger partial charge in [-0.05, 0) is 31.5 Å². The monoisotopic (exact) mass is 208 g/mol. The van der Waals surface area contributed by atoms with Crippen LogP contribution in [-0.2, 0) is 0 Å². The van der Waals surface area contributed by atoms with Crippen molar-refractivity contribution in [2.75, 3.05) is 0 Å². The van der Waals surface area contributed by atoms with Gasteiger partial charge in [0.15, 0.2) is 0 Å². The van der Waals surface area contributed by atoms with E-state index in [2.05, 4.69) is 18.9 Å². The van der Waals surface area contributed by atoms with Gasteiger partial charge in [-0.25, -0.2) is 0 Å². The van der Waals surface area contributed by atoms with Crippen LogP contribution in [0.15, 0.2) is 24.4 Å². The minimum atomic E-state index is 0.439. The summed E-state index contributed by atoms with van der Waals surface area (Å²) in [4.78, 5) is 0. The maximum absolute atomic E-state index is 5.90. The van der Waals surface area contributed by atoms with E-state index in [1.807, 2.05) is 29.1 Å². The van der Waals surface area contributed by atoms with Gasteiger partial charge in [-0.2, -0.15) is 5.10 Å². The molecule has 1 atom stereocenters. The van der Waals surface area contributed by atoms with Gasteiger partial charge in [0.25, 0.3) is 0 Å². The molecule has 0 fully saturated rings. The number of rotatable bonds is 2. The Balaban J connectivity index is 2.58. The third kappa shape index (κ3) is 1.50. The van der Waals surface area contributed by atoms with E-state index in [9.17, 15) is 0 Å². The summed E-state index contributed by atoms with van der Waals surface area (Å²) in [6.07, 6.45) is 2.95. The van der Waals surface area contributed by atoms with Crippen LogP contribution in [-0.4, -0.2) is 9.78 Å². The fraction of sp³-hybridized carbons (Fsp3) is 0.364. The number of aromatic nitrogens is 2. The van der Waals surface area contributed by atoms with E-state index in [0.717, 1.165) is 22.3 Å². The largest absolute Gasteiger partial charge is 0.262 e. The first kappa shape index (κ1) is 9.53. The molecule has 0 radical (unpaired) electrons. The molecule has 0 bridgehead atoms. The highest BCUT2D eigenvalue weighted by Gasteiger charge is 2.07. The van der Waals surface area contributed by atoms with Crippen molar-refractivity contribution >= 4 is 22.5 Å².